The lowest BCUT2D eigenvalue weighted by molar-refractivity contribution is 0.0690. The molecule has 0 aliphatic rings. The molecule has 0 fully saturated rings. The number of hydrogen-bond donors (Lipinski definition) is 3. The fourth-order valence-electron chi connectivity index (χ4n) is 1.97. The molecule has 6 heteroatoms. The third kappa shape index (κ3) is 4.75. The average molecular weight is 266 g/mol. The Kier molecular flexibility index (Phi) is 4.72. The fourth-order valence-corrected chi connectivity index (χ4v) is 1.97. The van der Waals surface area contributed by atoms with Gasteiger partial charge in [-0.2, -0.15) is 0 Å². The molecule has 0 saturated carbocycles. The van der Waals surface area contributed by atoms with Gasteiger partial charge in [-0.3, -0.25) is 0 Å². The van der Waals surface area contributed by atoms with E-state index in [9.17, 15) is 4.79 Å². The van der Waals surface area contributed by atoms with Gasteiger partial charge in [0, 0.05) is 13.1 Å². The van der Waals surface area contributed by atoms with Crippen LogP contribution in [0, 0.1) is 5.41 Å². The van der Waals surface area contributed by atoms with Crippen molar-refractivity contribution < 1.29 is 9.90 Å². The van der Waals surface area contributed by atoms with Crippen molar-refractivity contribution >= 4 is 17.5 Å². The van der Waals surface area contributed by atoms with Gasteiger partial charge in [0.05, 0.1) is 5.69 Å². The van der Waals surface area contributed by atoms with E-state index in [2.05, 4.69) is 29.0 Å². The van der Waals surface area contributed by atoms with Gasteiger partial charge in [-0.15, -0.1) is 0 Å². The van der Waals surface area contributed by atoms with Crippen LogP contribution in [0.5, 0.6) is 0 Å². The van der Waals surface area contributed by atoms with Crippen LogP contribution in [0.4, 0.5) is 11.5 Å². The van der Waals surface area contributed by atoms with Crippen molar-refractivity contribution in [2.75, 3.05) is 38.2 Å². The summed E-state index contributed by atoms with van der Waals surface area (Å²) < 4.78 is 0. The molecule has 0 aliphatic heterocycles. The minimum atomic E-state index is -1.06. The van der Waals surface area contributed by atoms with Gasteiger partial charge in [-0.05, 0) is 31.6 Å². The number of aromatic nitrogens is 1. The molecule has 0 saturated heterocycles. The summed E-state index contributed by atoms with van der Waals surface area (Å²) in [6.07, 6.45) is 0. The van der Waals surface area contributed by atoms with Crippen molar-refractivity contribution in [3.05, 3.63) is 17.8 Å². The molecular formula is C13H22N4O2. The van der Waals surface area contributed by atoms with Gasteiger partial charge >= 0.3 is 5.97 Å². The van der Waals surface area contributed by atoms with Crippen LogP contribution in [0.3, 0.4) is 0 Å². The molecule has 1 heterocycles. The Bertz CT molecular complexity index is 458. The summed E-state index contributed by atoms with van der Waals surface area (Å²) in [4.78, 5) is 17.0. The van der Waals surface area contributed by atoms with Gasteiger partial charge in [0.2, 0.25) is 0 Å². The van der Waals surface area contributed by atoms with E-state index in [1.807, 2.05) is 14.1 Å². The molecule has 0 spiro atoms. The van der Waals surface area contributed by atoms with E-state index in [1.165, 1.54) is 6.07 Å². The quantitative estimate of drug-likeness (QED) is 0.720. The van der Waals surface area contributed by atoms with E-state index in [0.717, 1.165) is 6.54 Å². The van der Waals surface area contributed by atoms with Crippen molar-refractivity contribution in [1.82, 2.24) is 9.88 Å². The van der Waals surface area contributed by atoms with Crippen LogP contribution in [0.1, 0.15) is 24.3 Å². The number of nitrogens with one attached hydrogen (secondary N) is 1. The number of hydrogen-bond acceptors (Lipinski definition) is 5. The number of nitrogen functional groups attached to an aromatic ring is 1. The first-order valence-electron chi connectivity index (χ1n) is 6.10. The summed E-state index contributed by atoms with van der Waals surface area (Å²) in [5, 5.41) is 12.0. The lowest BCUT2D eigenvalue weighted by Gasteiger charge is -2.28. The zero-order valence-corrected chi connectivity index (χ0v) is 11.9. The molecule has 1 rings (SSSR count). The van der Waals surface area contributed by atoms with Gasteiger partial charge in [-0.1, -0.05) is 13.8 Å². The first kappa shape index (κ1) is 15.2. The second-order valence-corrected chi connectivity index (χ2v) is 5.70. The summed E-state index contributed by atoms with van der Waals surface area (Å²) in [7, 11) is 4.03. The molecule has 1 aromatic rings. The third-order valence-electron chi connectivity index (χ3n) is 2.62. The smallest absolute Gasteiger partial charge is 0.354 e. The van der Waals surface area contributed by atoms with Gasteiger partial charge in [-0.25, -0.2) is 9.78 Å². The number of nitrogens with zero attached hydrogens (tertiary/aromatic N) is 2. The topological polar surface area (TPSA) is 91.5 Å². The summed E-state index contributed by atoms with van der Waals surface area (Å²) >= 11 is 0. The zero-order valence-electron chi connectivity index (χ0n) is 11.9. The number of carboxylic acids is 1. The molecule has 19 heavy (non-hydrogen) atoms. The average Bonchev–Trinajstić information content (AvgIpc) is 2.25. The second-order valence-electron chi connectivity index (χ2n) is 5.70. The highest BCUT2D eigenvalue weighted by Gasteiger charge is 2.19. The highest BCUT2D eigenvalue weighted by Crippen LogP contribution is 2.20. The van der Waals surface area contributed by atoms with E-state index in [-0.39, 0.29) is 11.1 Å². The van der Waals surface area contributed by atoms with Crippen molar-refractivity contribution in [2.45, 2.75) is 13.8 Å². The predicted octanol–water partition coefficient (Wildman–Crippen LogP) is 1.36. The zero-order chi connectivity index (χ0) is 14.6. The van der Waals surface area contributed by atoms with E-state index >= 15 is 0 Å². The van der Waals surface area contributed by atoms with Crippen LogP contribution in [-0.2, 0) is 0 Å². The molecule has 0 aliphatic carbocycles. The number of anilines is 2. The van der Waals surface area contributed by atoms with E-state index in [1.54, 1.807) is 6.07 Å². The van der Waals surface area contributed by atoms with Crippen LogP contribution in [-0.4, -0.2) is 48.1 Å². The minimum Gasteiger partial charge on any atom is -0.477 e. The van der Waals surface area contributed by atoms with Crippen molar-refractivity contribution in [3.8, 4) is 0 Å². The Balaban J connectivity index is 2.77. The van der Waals surface area contributed by atoms with Crippen molar-refractivity contribution in [3.63, 3.8) is 0 Å². The van der Waals surface area contributed by atoms with Gasteiger partial charge < -0.3 is 21.1 Å². The summed E-state index contributed by atoms with van der Waals surface area (Å²) in [5.74, 6) is -0.637. The maximum Gasteiger partial charge on any atom is 0.354 e. The van der Waals surface area contributed by atoms with Crippen molar-refractivity contribution in [2.24, 2.45) is 5.41 Å². The number of carbonyl (C=O) groups is 1. The monoisotopic (exact) mass is 266 g/mol. The molecule has 4 N–H and O–H groups in total. The van der Waals surface area contributed by atoms with Gasteiger partial charge in [0.25, 0.3) is 0 Å². The Morgan fingerprint density at radius 3 is 2.63 bits per heavy atom. The molecule has 6 nitrogen and oxygen atoms in total. The lowest BCUT2D eigenvalue weighted by atomic mass is 9.93. The molecule has 0 amide bonds. The SMILES string of the molecule is CN(C)CC(C)(C)CNc1nc(C(=O)O)ccc1N. The standard InChI is InChI=1S/C13H22N4O2/c1-13(2,8-17(3)4)7-15-11-9(14)5-6-10(16-11)12(18)19/h5-6H,7-8,14H2,1-4H3,(H,15,16)(H,18,19). The summed E-state index contributed by atoms with van der Waals surface area (Å²) in [5.41, 5.74) is 6.25. The Morgan fingerprint density at radius 2 is 2.11 bits per heavy atom. The van der Waals surface area contributed by atoms with Gasteiger partial charge in [0.15, 0.2) is 5.69 Å². The molecule has 0 bridgehead atoms. The molecule has 0 atom stereocenters. The van der Waals surface area contributed by atoms with E-state index in [0.29, 0.717) is 18.1 Å². The Labute approximate surface area is 113 Å². The first-order valence-corrected chi connectivity index (χ1v) is 6.10. The molecule has 1 aromatic heterocycles. The normalized spacial score (nSPS) is 11.6. The van der Waals surface area contributed by atoms with Crippen LogP contribution in [0.25, 0.3) is 0 Å². The van der Waals surface area contributed by atoms with Crippen LogP contribution < -0.4 is 11.1 Å². The van der Waals surface area contributed by atoms with E-state index in [4.69, 9.17) is 10.8 Å². The number of pyridine rings is 1. The largest absolute Gasteiger partial charge is 0.477 e. The third-order valence-corrected chi connectivity index (χ3v) is 2.62. The maximum atomic E-state index is 10.9. The number of aromatic carboxylic acids is 1. The molecular weight excluding hydrogens is 244 g/mol. The number of rotatable bonds is 6. The fraction of sp³-hybridized carbons (Fsp3) is 0.538. The highest BCUT2D eigenvalue weighted by atomic mass is 16.4. The summed E-state index contributed by atoms with van der Waals surface area (Å²) in [6.45, 7) is 5.80. The summed E-state index contributed by atoms with van der Waals surface area (Å²) in [6, 6.07) is 2.95. The molecule has 0 aromatic carbocycles. The molecule has 0 radical (unpaired) electrons. The number of carboxylic acid groups (broad SMARTS) is 1. The van der Waals surface area contributed by atoms with Gasteiger partial charge in [0.1, 0.15) is 5.82 Å². The molecule has 106 valence electrons. The van der Waals surface area contributed by atoms with Crippen molar-refractivity contribution in [1.29, 1.82) is 0 Å². The Morgan fingerprint density at radius 1 is 1.47 bits per heavy atom. The van der Waals surface area contributed by atoms with Crippen LogP contribution in [0.15, 0.2) is 12.1 Å². The second kappa shape index (κ2) is 5.88. The minimum absolute atomic E-state index is 0.0119. The maximum absolute atomic E-state index is 10.9. The molecule has 0 unspecified atom stereocenters. The van der Waals surface area contributed by atoms with Crippen LogP contribution in [0.2, 0.25) is 0 Å². The first-order chi connectivity index (χ1) is 8.71. The number of nitrogens with two attached hydrogens (primary N) is 1. The van der Waals surface area contributed by atoms with E-state index < -0.39 is 5.97 Å². The van der Waals surface area contributed by atoms with Crippen LogP contribution >= 0.6 is 0 Å². The lowest BCUT2D eigenvalue weighted by Crippen LogP contribution is -2.34. The predicted molar refractivity (Wildman–Crippen MR) is 76.4 cm³/mol. The Hall–Kier alpha value is -1.82. The highest BCUT2D eigenvalue weighted by molar-refractivity contribution is 5.86.